The van der Waals surface area contributed by atoms with Crippen LogP contribution in [0.4, 0.5) is 8.78 Å². The number of thioether (sulfide) groups is 1. The van der Waals surface area contributed by atoms with Crippen molar-refractivity contribution in [1.82, 2.24) is 14.8 Å². The van der Waals surface area contributed by atoms with Crippen LogP contribution in [0.2, 0.25) is 0 Å². The lowest BCUT2D eigenvalue weighted by molar-refractivity contribution is 0.575. The lowest BCUT2D eigenvalue weighted by atomic mass is 10.2. The minimum Gasteiger partial charge on any atom is -0.304 e. The lowest BCUT2D eigenvalue weighted by Gasteiger charge is -2.05. The molecular weight excluding hydrogens is 232 g/mol. The van der Waals surface area contributed by atoms with E-state index in [4.69, 9.17) is 0 Å². The van der Waals surface area contributed by atoms with Crippen LogP contribution in [0.15, 0.2) is 29.7 Å². The number of aromatic nitrogens is 3. The molecule has 2 aromatic rings. The van der Waals surface area contributed by atoms with E-state index in [1.54, 1.807) is 4.57 Å². The first-order chi connectivity index (χ1) is 7.69. The van der Waals surface area contributed by atoms with Crippen molar-refractivity contribution < 1.29 is 8.78 Å². The molecule has 0 radical (unpaired) electrons. The molecule has 2 rings (SSSR count). The fraction of sp³-hybridized carbons (Fsp3) is 0.200. The molecule has 0 N–H and O–H groups in total. The molecule has 3 nitrogen and oxygen atoms in total. The summed E-state index contributed by atoms with van der Waals surface area (Å²) in [5.74, 6) is -1.15. The zero-order chi connectivity index (χ0) is 11.5. The van der Waals surface area contributed by atoms with Crippen LogP contribution in [0, 0.1) is 11.6 Å². The Balaban J connectivity index is 2.26. The van der Waals surface area contributed by atoms with Crippen LogP contribution >= 0.6 is 11.8 Å². The van der Waals surface area contributed by atoms with Crippen LogP contribution in [-0.4, -0.2) is 21.0 Å². The molecule has 0 bridgehead atoms. The summed E-state index contributed by atoms with van der Waals surface area (Å²) in [7, 11) is 0. The molecule has 16 heavy (non-hydrogen) atoms. The average Bonchev–Trinajstić information content (AvgIpc) is 2.63. The Labute approximate surface area is 95.5 Å². The van der Waals surface area contributed by atoms with Crippen LogP contribution in [0.1, 0.15) is 5.56 Å². The molecule has 0 atom stereocenters. The van der Waals surface area contributed by atoms with E-state index >= 15 is 0 Å². The summed E-state index contributed by atoms with van der Waals surface area (Å²) in [4.78, 5) is 0. The molecule has 84 valence electrons. The second-order valence-corrected chi connectivity index (χ2v) is 4.00. The van der Waals surface area contributed by atoms with Gasteiger partial charge in [-0.3, -0.25) is 0 Å². The van der Waals surface area contributed by atoms with E-state index in [-0.39, 0.29) is 0 Å². The summed E-state index contributed by atoms with van der Waals surface area (Å²) in [5, 5.41) is 8.32. The van der Waals surface area contributed by atoms with Gasteiger partial charge in [0, 0.05) is 6.07 Å². The van der Waals surface area contributed by atoms with E-state index in [9.17, 15) is 8.78 Å². The van der Waals surface area contributed by atoms with Crippen LogP contribution in [0.3, 0.4) is 0 Å². The highest BCUT2D eigenvalue weighted by Gasteiger charge is 2.05. The molecule has 0 aliphatic carbocycles. The van der Waals surface area contributed by atoms with Crippen molar-refractivity contribution in [2.45, 2.75) is 11.7 Å². The van der Waals surface area contributed by atoms with Gasteiger partial charge >= 0.3 is 0 Å². The van der Waals surface area contributed by atoms with E-state index in [1.807, 2.05) is 6.26 Å². The summed E-state index contributed by atoms with van der Waals surface area (Å²) in [6, 6.07) is 3.45. The summed E-state index contributed by atoms with van der Waals surface area (Å²) in [5.41, 5.74) is 0.549. The molecule has 6 heteroatoms. The Morgan fingerprint density at radius 1 is 1.25 bits per heavy atom. The molecule has 0 aliphatic heterocycles. The third-order valence-corrected chi connectivity index (χ3v) is 2.72. The van der Waals surface area contributed by atoms with Gasteiger partial charge in [0.05, 0.1) is 6.54 Å². The van der Waals surface area contributed by atoms with Gasteiger partial charge in [0.15, 0.2) is 5.16 Å². The zero-order valence-electron chi connectivity index (χ0n) is 8.52. The molecule has 1 aromatic heterocycles. The zero-order valence-corrected chi connectivity index (χ0v) is 9.34. The average molecular weight is 241 g/mol. The number of nitrogens with zero attached hydrogens (tertiary/aromatic N) is 3. The van der Waals surface area contributed by atoms with Gasteiger partial charge in [0.25, 0.3) is 0 Å². The van der Waals surface area contributed by atoms with Gasteiger partial charge in [-0.05, 0) is 24.0 Å². The Morgan fingerprint density at radius 3 is 2.56 bits per heavy atom. The second-order valence-electron chi connectivity index (χ2n) is 3.22. The fourth-order valence-corrected chi connectivity index (χ4v) is 1.88. The Bertz CT molecular complexity index is 478. The first-order valence-corrected chi connectivity index (χ1v) is 5.78. The van der Waals surface area contributed by atoms with E-state index < -0.39 is 11.6 Å². The molecule has 1 aromatic carbocycles. The highest BCUT2D eigenvalue weighted by molar-refractivity contribution is 7.98. The molecule has 0 saturated carbocycles. The molecule has 0 saturated heterocycles. The van der Waals surface area contributed by atoms with Crippen LogP contribution in [0.5, 0.6) is 0 Å². The van der Waals surface area contributed by atoms with Crippen molar-refractivity contribution in [1.29, 1.82) is 0 Å². The van der Waals surface area contributed by atoms with Gasteiger partial charge in [-0.2, -0.15) is 0 Å². The standard InChI is InChI=1S/C10H9F2N3S/c1-16-10-14-13-6-15(10)5-7-2-8(11)4-9(12)3-7/h2-4,6H,5H2,1H3. The molecule has 0 unspecified atom stereocenters. The van der Waals surface area contributed by atoms with E-state index in [0.29, 0.717) is 17.3 Å². The lowest BCUT2D eigenvalue weighted by Crippen LogP contribution is -2.01. The van der Waals surface area contributed by atoms with Crippen molar-refractivity contribution in [3.05, 3.63) is 41.7 Å². The predicted molar refractivity (Wildman–Crippen MR) is 57.3 cm³/mol. The Morgan fingerprint density at radius 2 is 1.94 bits per heavy atom. The van der Waals surface area contributed by atoms with Gasteiger partial charge in [-0.15, -0.1) is 10.2 Å². The summed E-state index contributed by atoms with van der Waals surface area (Å²) >= 11 is 1.43. The van der Waals surface area contributed by atoms with Gasteiger partial charge in [0.1, 0.15) is 18.0 Å². The second kappa shape index (κ2) is 4.61. The molecule has 0 spiro atoms. The molecular formula is C10H9F2N3S. The maximum Gasteiger partial charge on any atom is 0.191 e. The number of hydrogen-bond acceptors (Lipinski definition) is 3. The van der Waals surface area contributed by atoms with Crippen molar-refractivity contribution in [3.63, 3.8) is 0 Å². The number of rotatable bonds is 3. The smallest absolute Gasteiger partial charge is 0.191 e. The molecule has 0 fully saturated rings. The third-order valence-electron chi connectivity index (χ3n) is 2.04. The van der Waals surface area contributed by atoms with E-state index in [1.165, 1.54) is 30.2 Å². The van der Waals surface area contributed by atoms with E-state index in [0.717, 1.165) is 6.07 Å². The quantitative estimate of drug-likeness (QED) is 0.773. The SMILES string of the molecule is CSc1nncn1Cc1cc(F)cc(F)c1. The largest absolute Gasteiger partial charge is 0.304 e. The molecule has 0 amide bonds. The monoisotopic (exact) mass is 241 g/mol. The maximum absolute atomic E-state index is 13.0. The van der Waals surface area contributed by atoms with Crippen molar-refractivity contribution in [2.24, 2.45) is 0 Å². The van der Waals surface area contributed by atoms with Crippen molar-refractivity contribution >= 4 is 11.8 Å². The summed E-state index contributed by atoms with van der Waals surface area (Å²) in [6.07, 6.45) is 3.40. The number of hydrogen-bond donors (Lipinski definition) is 0. The van der Waals surface area contributed by atoms with Gasteiger partial charge in [-0.1, -0.05) is 11.8 Å². The minimum absolute atomic E-state index is 0.359. The maximum atomic E-state index is 13.0. The summed E-state index contributed by atoms with van der Waals surface area (Å²) < 4.78 is 27.6. The number of benzene rings is 1. The minimum atomic E-state index is -0.575. The van der Waals surface area contributed by atoms with Gasteiger partial charge in [-0.25, -0.2) is 8.78 Å². The summed E-state index contributed by atoms with van der Waals surface area (Å²) in [6.45, 7) is 0.359. The predicted octanol–water partition coefficient (Wildman–Crippen LogP) is 2.33. The van der Waals surface area contributed by atoms with Crippen molar-refractivity contribution in [3.8, 4) is 0 Å². The Kier molecular flexibility index (Phi) is 3.19. The third kappa shape index (κ3) is 2.38. The number of halogens is 2. The van der Waals surface area contributed by atoms with E-state index in [2.05, 4.69) is 10.2 Å². The normalized spacial score (nSPS) is 10.7. The molecule has 0 aliphatic rings. The van der Waals surface area contributed by atoms with Crippen LogP contribution in [0.25, 0.3) is 0 Å². The first kappa shape index (κ1) is 11.1. The highest BCUT2D eigenvalue weighted by atomic mass is 32.2. The Hall–Kier alpha value is -1.43. The van der Waals surface area contributed by atoms with Crippen molar-refractivity contribution in [2.75, 3.05) is 6.26 Å². The van der Waals surface area contributed by atoms with Gasteiger partial charge in [0.2, 0.25) is 0 Å². The van der Waals surface area contributed by atoms with Gasteiger partial charge < -0.3 is 4.57 Å². The molecule has 1 heterocycles. The topological polar surface area (TPSA) is 30.7 Å². The fourth-order valence-electron chi connectivity index (χ4n) is 1.41. The van der Waals surface area contributed by atoms with Crippen LogP contribution in [-0.2, 0) is 6.54 Å². The highest BCUT2D eigenvalue weighted by Crippen LogP contribution is 2.14. The van der Waals surface area contributed by atoms with Crippen LogP contribution < -0.4 is 0 Å². The first-order valence-electron chi connectivity index (χ1n) is 4.56.